The molecule has 0 aliphatic rings. The maximum absolute atomic E-state index is 12.2. The van der Waals surface area contributed by atoms with E-state index in [0.29, 0.717) is 26.5 Å². The molecule has 0 saturated heterocycles. The van der Waals surface area contributed by atoms with Crippen LogP contribution in [-0.2, 0) is 9.53 Å². The number of rotatable bonds is 6. The number of hydrogen-bond acceptors (Lipinski definition) is 5. The number of aryl methyl sites for hydroxylation is 1. The van der Waals surface area contributed by atoms with Gasteiger partial charge in [-0.15, -0.1) is 11.3 Å². The molecule has 134 valence electrons. The number of nitrogens with one attached hydrogen (secondary N) is 1. The van der Waals surface area contributed by atoms with Crippen LogP contribution in [0.5, 0.6) is 0 Å². The van der Waals surface area contributed by atoms with E-state index in [1.165, 1.54) is 11.3 Å². The molecular formula is C18H21ClN2O3S. The van der Waals surface area contributed by atoms with E-state index in [1.807, 2.05) is 32.9 Å². The van der Waals surface area contributed by atoms with Crippen molar-refractivity contribution in [3.63, 3.8) is 0 Å². The van der Waals surface area contributed by atoms with Gasteiger partial charge in [0.2, 0.25) is 0 Å². The second kappa shape index (κ2) is 8.45. The van der Waals surface area contributed by atoms with Gasteiger partial charge in [-0.05, 0) is 31.9 Å². The van der Waals surface area contributed by atoms with Gasteiger partial charge in [0.15, 0.2) is 6.61 Å². The molecule has 0 radical (unpaired) electrons. The molecule has 1 amide bonds. The quantitative estimate of drug-likeness (QED) is 0.766. The van der Waals surface area contributed by atoms with Crippen molar-refractivity contribution in [2.24, 2.45) is 5.92 Å². The molecular weight excluding hydrogens is 360 g/mol. The molecule has 0 aliphatic carbocycles. The van der Waals surface area contributed by atoms with Gasteiger partial charge in [0.25, 0.3) is 5.91 Å². The van der Waals surface area contributed by atoms with Crippen LogP contribution < -0.4 is 5.32 Å². The fourth-order valence-electron chi connectivity index (χ4n) is 1.99. The number of nitrogens with zero attached hydrogens (tertiary/aromatic N) is 1. The van der Waals surface area contributed by atoms with Crippen molar-refractivity contribution in [2.45, 2.75) is 33.7 Å². The Morgan fingerprint density at radius 2 is 2.04 bits per heavy atom. The first-order valence-corrected chi connectivity index (χ1v) is 9.17. The highest BCUT2D eigenvalue weighted by Crippen LogP contribution is 2.29. The van der Waals surface area contributed by atoms with Gasteiger partial charge in [-0.25, -0.2) is 9.78 Å². The Hall–Kier alpha value is -1.92. The second-order valence-corrected chi connectivity index (χ2v) is 7.56. The minimum absolute atomic E-state index is 0.0192. The van der Waals surface area contributed by atoms with Crippen molar-refractivity contribution in [1.82, 2.24) is 10.3 Å². The minimum atomic E-state index is -0.546. The summed E-state index contributed by atoms with van der Waals surface area (Å²) in [5.74, 6) is -0.550. The van der Waals surface area contributed by atoms with Crippen LogP contribution in [0.25, 0.3) is 10.6 Å². The lowest BCUT2D eigenvalue weighted by molar-refractivity contribution is -0.125. The van der Waals surface area contributed by atoms with Crippen molar-refractivity contribution in [3.05, 3.63) is 39.9 Å². The van der Waals surface area contributed by atoms with Crippen molar-refractivity contribution in [3.8, 4) is 10.6 Å². The monoisotopic (exact) mass is 380 g/mol. The lowest BCUT2D eigenvalue weighted by Crippen LogP contribution is -2.38. The van der Waals surface area contributed by atoms with E-state index in [-0.39, 0.29) is 18.6 Å². The van der Waals surface area contributed by atoms with Gasteiger partial charge >= 0.3 is 5.97 Å². The van der Waals surface area contributed by atoms with Gasteiger partial charge in [-0.2, -0.15) is 0 Å². The smallest absolute Gasteiger partial charge is 0.350 e. The summed E-state index contributed by atoms with van der Waals surface area (Å²) < 4.78 is 5.12. The average molecular weight is 381 g/mol. The van der Waals surface area contributed by atoms with Crippen LogP contribution in [0.3, 0.4) is 0 Å². The van der Waals surface area contributed by atoms with E-state index in [0.717, 1.165) is 5.56 Å². The lowest BCUT2D eigenvalue weighted by atomic mass is 10.1. The van der Waals surface area contributed by atoms with Crippen molar-refractivity contribution in [1.29, 1.82) is 0 Å². The third kappa shape index (κ3) is 5.28. The second-order valence-electron chi connectivity index (χ2n) is 6.12. The summed E-state index contributed by atoms with van der Waals surface area (Å²) in [6.45, 7) is 7.36. The number of aromatic nitrogens is 1. The van der Waals surface area contributed by atoms with Crippen LogP contribution in [0.2, 0.25) is 5.02 Å². The third-order valence-corrected chi connectivity index (χ3v) is 5.20. The number of carbonyl (C=O) groups excluding carboxylic acids is 2. The van der Waals surface area contributed by atoms with E-state index in [9.17, 15) is 9.59 Å². The van der Waals surface area contributed by atoms with Gasteiger partial charge in [-0.1, -0.05) is 37.6 Å². The van der Waals surface area contributed by atoms with Gasteiger partial charge in [0.05, 0.1) is 5.69 Å². The van der Waals surface area contributed by atoms with Crippen LogP contribution in [0, 0.1) is 12.8 Å². The Morgan fingerprint density at radius 1 is 1.32 bits per heavy atom. The molecule has 2 aromatic rings. The molecule has 7 heteroatoms. The van der Waals surface area contributed by atoms with E-state index in [2.05, 4.69) is 10.3 Å². The Bertz CT molecular complexity index is 773. The Labute approximate surface area is 156 Å². The van der Waals surface area contributed by atoms with Crippen LogP contribution in [0.4, 0.5) is 0 Å². The van der Waals surface area contributed by atoms with Crippen LogP contribution in [0.1, 0.15) is 36.1 Å². The van der Waals surface area contributed by atoms with Crippen LogP contribution in [0.15, 0.2) is 24.3 Å². The fourth-order valence-corrected chi connectivity index (χ4v) is 3.14. The summed E-state index contributed by atoms with van der Waals surface area (Å²) in [5.41, 5.74) is 1.41. The van der Waals surface area contributed by atoms with E-state index in [4.69, 9.17) is 16.3 Å². The molecule has 0 aliphatic heterocycles. The molecule has 1 atom stereocenters. The molecule has 0 spiro atoms. The highest BCUT2D eigenvalue weighted by Gasteiger charge is 2.19. The van der Waals surface area contributed by atoms with E-state index < -0.39 is 5.97 Å². The lowest BCUT2D eigenvalue weighted by Gasteiger charge is -2.17. The van der Waals surface area contributed by atoms with Gasteiger partial charge < -0.3 is 10.1 Å². The minimum Gasteiger partial charge on any atom is -0.451 e. The summed E-state index contributed by atoms with van der Waals surface area (Å²) in [7, 11) is 0. The van der Waals surface area contributed by atoms with Crippen molar-refractivity contribution >= 4 is 34.8 Å². The zero-order chi connectivity index (χ0) is 18.6. The maximum atomic E-state index is 12.2. The molecule has 1 aromatic carbocycles. The molecule has 0 bridgehead atoms. The van der Waals surface area contributed by atoms with E-state index in [1.54, 1.807) is 19.1 Å². The molecule has 1 heterocycles. The summed E-state index contributed by atoms with van der Waals surface area (Å²) in [6, 6.07) is 7.28. The highest BCUT2D eigenvalue weighted by atomic mass is 35.5. The molecule has 1 aromatic heterocycles. The first kappa shape index (κ1) is 19.4. The summed E-state index contributed by atoms with van der Waals surface area (Å²) in [4.78, 5) is 28.9. The number of ether oxygens (including phenoxy) is 1. The molecule has 0 unspecified atom stereocenters. The molecule has 2 rings (SSSR count). The zero-order valence-electron chi connectivity index (χ0n) is 14.6. The molecule has 0 fully saturated rings. The fraction of sp³-hybridized carbons (Fsp3) is 0.389. The van der Waals surface area contributed by atoms with Gasteiger partial charge in [0.1, 0.15) is 9.88 Å². The van der Waals surface area contributed by atoms with Crippen molar-refractivity contribution in [2.75, 3.05) is 6.61 Å². The van der Waals surface area contributed by atoms with Crippen molar-refractivity contribution < 1.29 is 14.3 Å². The largest absolute Gasteiger partial charge is 0.451 e. The normalized spacial score (nSPS) is 12.1. The SMILES string of the molecule is Cc1nc(-c2cccc(Cl)c2)sc1C(=O)OCC(=O)N[C@H](C)C(C)C. The Kier molecular flexibility index (Phi) is 6.56. The highest BCUT2D eigenvalue weighted by molar-refractivity contribution is 7.17. The number of esters is 1. The van der Waals surface area contributed by atoms with Crippen LogP contribution >= 0.6 is 22.9 Å². The predicted molar refractivity (Wildman–Crippen MR) is 100 cm³/mol. The average Bonchev–Trinajstić information content (AvgIpc) is 2.94. The molecule has 1 N–H and O–H groups in total. The van der Waals surface area contributed by atoms with Gasteiger partial charge in [-0.3, -0.25) is 4.79 Å². The summed E-state index contributed by atoms with van der Waals surface area (Å²) in [6.07, 6.45) is 0. The summed E-state index contributed by atoms with van der Waals surface area (Å²) in [5, 5.41) is 4.08. The number of benzene rings is 1. The number of thiazole rings is 1. The summed E-state index contributed by atoms with van der Waals surface area (Å²) >= 11 is 7.22. The number of carbonyl (C=O) groups is 2. The standard InChI is InChI=1S/C18H21ClN2O3S/c1-10(2)11(3)20-15(22)9-24-18(23)16-12(4)21-17(25-16)13-6-5-7-14(19)8-13/h5-8,10-11H,9H2,1-4H3,(H,20,22)/t11-/m1/s1. The zero-order valence-corrected chi connectivity index (χ0v) is 16.2. The first-order valence-electron chi connectivity index (χ1n) is 7.97. The molecule has 5 nitrogen and oxygen atoms in total. The Balaban J connectivity index is 2.02. The maximum Gasteiger partial charge on any atom is 0.350 e. The molecule has 0 saturated carbocycles. The molecule has 25 heavy (non-hydrogen) atoms. The first-order chi connectivity index (χ1) is 11.8. The number of halogens is 1. The third-order valence-electron chi connectivity index (χ3n) is 3.78. The van der Waals surface area contributed by atoms with Crippen LogP contribution in [-0.4, -0.2) is 29.5 Å². The number of hydrogen-bond donors (Lipinski definition) is 1. The predicted octanol–water partition coefficient (Wildman–Crippen LogP) is 4.09. The number of amides is 1. The Morgan fingerprint density at radius 3 is 2.68 bits per heavy atom. The topological polar surface area (TPSA) is 68.3 Å². The van der Waals surface area contributed by atoms with Gasteiger partial charge in [0, 0.05) is 16.6 Å². The van der Waals surface area contributed by atoms with E-state index >= 15 is 0 Å².